The summed E-state index contributed by atoms with van der Waals surface area (Å²) in [6, 6.07) is 21.7. The molecule has 0 radical (unpaired) electrons. The molecule has 0 bridgehead atoms. The van der Waals surface area contributed by atoms with Crippen LogP contribution in [0.4, 0.5) is 0 Å². The van der Waals surface area contributed by atoms with Crippen molar-refractivity contribution in [2.45, 2.75) is 58.7 Å². The quantitative estimate of drug-likeness (QED) is 0.446. The van der Waals surface area contributed by atoms with Gasteiger partial charge < -0.3 is 10.2 Å². The number of amides is 2. The predicted molar refractivity (Wildman–Crippen MR) is 134 cm³/mol. The van der Waals surface area contributed by atoms with Crippen LogP contribution in [0.3, 0.4) is 0 Å². The molecule has 3 aromatic carbocycles. The van der Waals surface area contributed by atoms with Gasteiger partial charge in [0.2, 0.25) is 11.8 Å². The summed E-state index contributed by atoms with van der Waals surface area (Å²) in [4.78, 5) is 27.9. The average molecular weight is 495 g/mol. The van der Waals surface area contributed by atoms with Gasteiger partial charge in [-0.1, -0.05) is 70.5 Å². The molecule has 0 aliphatic heterocycles. The molecule has 0 saturated heterocycles. The van der Waals surface area contributed by atoms with E-state index in [1.165, 1.54) is 10.8 Å². The molecule has 1 N–H and O–H groups in total. The van der Waals surface area contributed by atoms with Gasteiger partial charge in [0.25, 0.3) is 0 Å². The van der Waals surface area contributed by atoms with Crippen LogP contribution >= 0.6 is 15.9 Å². The number of nitrogens with zero attached hydrogens (tertiary/aromatic N) is 1. The summed E-state index contributed by atoms with van der Waals surface area (Å²) in [7, 11) is 0. The first-order valence-electron chi connectivity index (χ1n) is 11.0. The second-order valence-electron chi connectivity index (χ2n) is 9.20. The molecule has 4 nitrogen and oxygen atoms in total. The lowest BCUT2D eigenvalue weighted by Crippen LogP contribution is -2.52. The molecule has 0 fully saturated rings. The van der Waals surface area contributed by atoms with Gasteiger partial charge in [-0.25, -0.2) is 0 Å². The zero-order chi connectivity index (χ0) is 23.3. The fourth-order valence-corrected chi connectivity index (χ4v) is 4.00. The van der Waals surface area contributed by atoms with E-state index in [1.54, 1.807) is 11.8 Å². The summed E-state index contributed by atoms with van der Waals surface area (Å²) >= 11 is 3.45. The van der Waals surface area contributed by atoms with E-state index in [-0.39, 0.29) is 17.4 Å². The van der Waals surface area contributed by atoms with Gasteiger partial charge in [-0.05, 0) is 68.1 Å². The number of nitrogens with one attached hydrogen (secondary N) is 1. The smallest absolute Gasteiger partial charge is 0.242 e. The molecule has 0 saturated carbocycles. The summed E-state index contributed by atoms with van der Waals surface area (Å²) in [5.41, 5.74) is 1.77. The van der Waals surface area contributed by atoms with Gasteiger partial charge >= 0.3 is 0 Å². The molecule has 1 unspecified atom stereocenters. The summed E-state index contributed by atoms with van der Waals surface area (Å²) in [5, 5.41) is 5.34. The Morgan fingerprint density at radius 3 is 2.31 bits per heavy atom. The van der Waals surface area contributed by atoms with Gasteiger partial charge in [0.15, 0.2) is 0 Å². The highest BCUT2D eigenvalue weighted by atomic mass is 79.9. The minimum absolute atomic E-state index is 0.0302. The van der Waals surface area contributed by atoms with E-state index >= 15 is 0 Å². The Bertz CT molecular complexity index is 1080. The molecule has 0 aliphatic rings. The van der Waals surface area contributed by atoms with Gasteiger partial charge in [0.05, 0.1) is 0 Å². The Morgan fingerprint density at radius 1 is 0.969 bits per heavy atom. The Balaban J connectivity index is 1.80. The lowest BCUT2D eigenvalue weighted by atomic mass is 10.0. The molecule has 0 heterocycles. The highest BCUT2D eigenvalue weighted by Gasteiger charge is 2.28. The van der Waals surface area contributed by atoms with E-state index < -0.39 is 6.04 Å². The van der Waals surface area contributed by atoms with Gasteiger partial charge in [0, 0.05) is 23.0 Å². The van der Waals surface area contributed by atoms with E-state index in [9.17, 15) is 9.59 Å². The van der Waals surface area contributed by atoms with Gasteiger partial charge in [0.1, 0.15) is 6.04 Å². The number of rotatable bonds is 7. The molecule has 0 aromatic heterocycles. The van der Waals surface area contributed by atoms with Crippen molar-refractivity contribution in [1.29, 1.82) is 0 Å². The number of fused-ring (bicyclic) bond motifs is 1. The summed E-state index contributed by atoms with van der Waals surface area (Å²) in [6.45, 7) is 8.02. The number of aryl methyl sites for hydroxylation is 1. The van der Waals surface area contributed by atoms with Crippen LogP contribution in [0.1, 0.15) is 45.2 Å². The van der Waals surface area contributed by atoms with Crippen LogP contribution in [0, 0.1) is 0 Å². The fourth-order valence-electron chi connectivity index (χ4n) is 3.74. The molecule has 32 heavy (non-hydrogen) atoms. The second kappa shape index (κ2) is 10.3. The molecule has 3 rings (SSSR count). The first-order chi connectivity index (χ1) is 15.1. The van der Waals surface area contributed by atoms with E-state index in [0.717, 1.165) is 15.6 Å². The highest BCUT2D eigenvalue weighted by Crippen LogP contribution is 2.21. The van der Waals surface area contributed by atoms with Crippen LogP contribution in [0.15, 0.2) is 71.2 Å². The summed E-state index contributed by atoms with van der Waals surface area (Å²) in [5.74, 6) is -0.175. The van der Waals surface area contributed by atoms with Crippen LogP contribution in [-0.2, 0) is 22.6 Å². The van der Waals surface area contributed by atoms with Crippen LogP contribution < -0.4 is 5.32 Å². The van der Waals surface area contributed by atoms with Crippen molar-refractivity contribution in [3.63, 3.8) is 0 Å². The molecule has 3 aromatic rings. The Kier molecular flexibility index (Phi) is 7.73. The Hall–Kier alpha value is -2.66. The molecule has 2 amide bonds. The maximum Gasteiger partial charge on any atom is 0.242 e. The average Bonchev–Trinajstić information content (AvgIpc) is 2.75. The normalized spacial score (nSPS) is 12.4. The second-order valence-corrected chi connectivity index (χ2v) is 10.1. The van der Waals surface area contributed by atoms with Gasteiger partial charge in [-0.2, -0.15) is 0 Å². The lowest BCUT2D eigenvalue weighted by molar-refractivity contribution is -0.141. The number of carbonyl (C=O) groups excluding carboxylic acids is 2. The Labute approximate surface area is 199 Å². The highest BCUT2D eigenvalue weighted by molar-refractivity contribution is 9.10. The van der Waals surface area contributed by atoms with Crippen molar-refractivity contribution in [2.24, 2.45) is 0 Å². The number of halogens is 1. The maximum atomic E-state index is 13.4. The molecular weight excluding hydrogens is 464 g/mol. The topological polar surface area (TPSA) is 49.4 Å². The van der Waals surface area contributed by atoms with Crippen molar-refractivity contribution in [1.82, 2.24) is 10.2 Å². The fraction of sp³-hybridized carbons (Fsp3) is 0.333. The van der Waals surface area contributed by atoms with Crippen molar-refractivity contribution < 1.29 is 9.59 Å². The largest absolute Gasteiger partial charge is 0.350 e. The lowest BCUT2D eigenvalue weighted by Gasteiger charge is -2.31. The van der Waals surface area contributed by atoms with E-state index in [2.05, 4.69) is 45.5 Å². The number of hydrogen-bond donors (Lipinski definition) is 1. The number of benzene rings is 3. The monoisotopic (exact) mass is 494 g/mol. The van der Waals surface area contributed by atoms with Crippen molar-refractivity contribution in [3.8, 4) is 0 Å². The molecule has 0 spiro atoms. The third kappa shape index (κ3) is 6.42. The third-order valence-corrected chi connectivity index (χ3v) is 5.95. The third-order valence-electron chi connectivity index (χ3n) is 5.42. The standard InChI is InChI=1S/C27H31BrN2O2/c1-19(26(32)29-27(2,3)4)30(18-20-12-15-23(28)16-13-20)25(31)17-14-22-10-7-9-21-8-5-6-11-24(21)22/h5-13,15-16,19H,14,17-18H2,1-4H3,(H,29,32). The molecular formula is C27H31BrN2O2. The van der Waals surface area contributed by atoms with Crippen molar-refractivity contribution >= 4 is 38.5 Å². The van der Waals surface area contributed by atoms with Gasteiger partial charge in [-0.15, -0.1) is 0 Å². The molecule has 168 valence electrons. The van der Waals surface area contributed by atoms with Crippen LogP contribution in [-0.4, -0.2) is 28.3 Å². The first kappa shape index (κ1) is 24.0. The van der Waals surface area contributed by atoms with Crippen LogP contribution in [0.5, 0.6) is 0 Å². The van der Waals surface area contributed by atoms with Crippen LogP contribution in [0.2, 0.25) is 0 Å². The van der Waals surface area contributed by atoms with Gasteiger partial charge in [-0.3, -0.25) is 9.59 Å². The summed E-state index contributed by atoms with van der Waals surface area (Å²) in [6.07, 6.45) is 0.975. The molecule has 1 atom stereocenters. The van der Waals surface area contributed by atoms with Crippen molar-refractivity contribution in [3.05, 3.63) is 82.3 Å². The molecule has 0 aliphatic carbocycles. The Morgan fingerprint density at radius 2 is 1.62 bits per heavy atom. The van der Waals surface area contributed by atoms with E-state index in [0.29, 0.717) is 19.4 Å². The minimum Gasteiger partial charge on any atom is -0.350 e. The number of hydrogen-bond acceptors (Lipinski definition) is 2. The predicted octanol–water partition coefficient (Wildman–Crippen LogP) is 5.87. The van der Waals surface area contributed by atoms with Crippen LogP contribution in [0.25, 0.3) is 10.8 Å². The van der Waals surface area contributed by atoms with E-state index in [1.807, 2.05) is 63.2 Å². The minimum atomic E-state index is -0.571. The maximum absolute atomic E-state index is 13.4. The SMILES string of the molecule is CC(C(=O)NC(C)(C)C)N(Cc1ccc(Br)cc1)C(=O)CCc1cccc2ccccc12. The summed E-state index contributed by atoms with van der Waals surface area (Å²) < 4.78 is 0.980. The van der Waals surface area contributed by atoms with Crippen molar-refractivity contribution in [2.75, 3.05) is 0 Å². The number of carbonyl (C=O) groups is 2. The first-order valence-corrected chi connectivity index (χ1v) is 11.8. The molecule has 5 heteroatoms. The zero-order valence-electron chi connectivity index (χ0n) is 19.2. The zero-order valence-corrected chi connectivity index (χ0v) is 20.8. The van der Waals surface area contributed by atoms with E-state index in [4.69, 9.17) is 0 Å².